The number of benzene rings is 1. The number of hydrogen-bond acceptors (Lipinski definition) is 3. The first-order valence-electron chi connectivity index (χ1n) is 5.52. The molecule has 2 rings (SSSR count). The van der Waals surface area contributed by atoms with Crippen LogP contribution in [0, 0.1) is 5.82 Å². The van der Waals surface area contributed by atoms with Crippen LogP contribution in [-0.4, -0.2) is 27.0 Å². The first-order valence-corrected chi connectivity index (χ1v) is 7.80. The highest BCUT2D eigenvalue weighted by Gasteiger charge is 2.33. The highest BCUT2D eigenvalue weighted by molar-refractivity contribution is 9.10. The van der Waals surface area contributed by atoms with Gasteiger partial charge in [0, 0.05) is 12.1 Å². The van der Waals surface area contributed by atoms with Gasteiger partial charge >= 0.3 is 0 Å². The largest absolute Gasteiger partial charge is 0.315 e. The van der Waals surface area contributed by atoms with Gasteiger partial charge < -0.3 is 5.32 Å². The summed E-state index contributed by atoms with van der Waals surface area (Å²) in [5.41, 5.74) is -0.512. The molecule has 1 saturated heterocycles. The highest BCUT2D eigenvalue weighted by Crippen LogP contribution is 2.22. The number of sulfonamides is 1. The zero-order chi connectivity index (χ0) is 13.4. The second-order valence-electron chi connectivity index (χ2n) is 4.67. The number of halogens is 2. The van der Waals surface area contributed by atoms with Crippen molar-refractivity contribution in [2.75, 3.05) is 13.1 Å². The third-order valence-corrected chi connectivity index (χ3v) is 5.23. The molecule has 4 nitrogen and oxygen atoms in total. The molecule has 7 heteroatoms. The Hall–Kier alpha value is -0.500. The zero-order valence-electron chi connectivity index (χ0n) is 9.83. The van der Waals surface area contributed by atoms with E-state index in [1.165, 1.54) is 12.1 Å². The Morgan fingerprint density at radius 1 is 1.50 bits per heavy atom. The van der Waals surface area contributed by atoms with E-state index in [4.69, 9.17) is 0 Å². The van der Waals surface area contributed by atoms with Gasteiger partial charge in [0.1, 0.15) is 5.82 Å². The van der Waals surface area contributed by atoms with Crippen LogP contribution in [0.15, 0.2) is 27.6 Å². The van der Waals surface area contributed by atoms with E-state index in [9.17, 15) is 12.8 Å². The lowest BCUT2D eigenvalue weighted by molar-refractivity contribution is 0.451. The number of hydrogen-bond donors (Lipinski definition) is 2. The summed E-state index contributed by atoms with van der Waals surface area (Å²) in [5.74, 6) is -0.590. The standard InChI is InChI=1S/C11H14BrFN2O2S/c1-11(4-5-14-7-11)15-18(16,17)8-2-3-9(12)10(13)6-8/h2-3,6,14-15H,4-5,7H2,1H3. The van der Waals surface area contributed by atoms with Crippen molar-refractivity contribution in [2.24, 2.45) is 0 Å². The van der Waals surface area contributed by atoms with E-state index >= 15 is 0 Å². The number of nitrogens with one attached hydrogen (secondary N) is 2. The Labute approximate surface area is 114 Å². The first kappa shape index (κ1) is 13.9. The van der Waals surface area contributed by atoms with E-state index in [0.29, 0.717) is 13.0 Å². The fraction of sp³-hybridized carbons (Fsp3) is 0.455. The average molecular weight is 337 g/mol. The topological polar surface area (TPSA) is 58.2 Å². The Bertz CT molecular complexity index is 556. The van der Waals surface area contributed by atoms with Crippen molar-refractivity contribution in [1.29, 1.82) is 0 Å². The molecule has 0 aliphatic carbocycles. The normalized spacial score (nSPS) is 24.4. The van der Waals surface area contributed by atoms with E-state index in [1.54, 1.807) is 0 Å². The molecular formula is C11H14BrFN2O2S. The van der Waals surface area contributed by atoms with Gasteiger partial charge in [0.2, 0.25) is 10.0 Å². The SMILES string of the molecule is CC1(NS(=O)(=O)c2ccc(Br)c(F)c2)CCNC1. The van der Waals surface area contributed by atoms with Crippen molar-refractivity contribution in [3.05, 3.63) is 28.5 Å². The van der Waals surface area contributed by atoms with Crippen molar-refractivity contribution in [2.45, 2.75) is 23.8 Å². The van der Waals surface area contributed by atoms with Crippen molar-refractivity contribution in [1.82, 2.24) is 10.0 Å². The second kappa shape index (κ2) is 4.88. The first-order chi connectivity index (χ1) is 8.32. The molecule has 1 fully saturated rings. The summed E-state index contributed by atoms with van der Waals surface area (Å²) in [6.07, 6.45) is 0.714. The maximum Gasteiger partial charge on any atom is 0.241 e. The maximum atomic E-state index is 13.4. The van der Waals surface area contributed by atoms with Gasteiger partial charge in [0.15, 0.2) is 0 Å². The second-order valence-corrected chi connectivity index (χ2v) is 7.21. The molecule has 0 aromatic heterocycles. The van der Waals surface area contributed by atoms with Crippen LogP contribution in [0.2, 0.25) is 0 Å². The van der Waals surface area contributed by atoms with E-state index in [1.807, 2.05) is 6.92 Å². The summed E-state index contributed by atoms with van der Waals surface area (Å²) in [6, 6.07) is 3.78. The molecule has 18 heavy (non-hydrogen) atoms. The van der Waals surface area contributed by atoms with Crippen LogP contribution in [0.25, 0.3) is 0 Å². The van der Waals surface area contributed by atoms with Crippen LogP contribution in [-0.2, 0) is 10.0 Å². The van der Waals surface area contributed by atoms with Gasteiger partial charge in [0.25, 0.3) is 0 Å². The van der Waals surface area contributed by atoms with Crippen molar-refractivity contribution in [3.8, 4) is 0 Å². The van der Waals surface area contributed by atoms with E-state index in [0.717, 1.165) is 12.6 Å². The smallest absolute Gasteiger partial charge is 0.241 e. The lowest BCUT2D eigenvalue weighted by Gasteiger charge is -2.24. The lowest BCUT2D eigenvalue weighted by Crippen LogP contribution is -2.47. The molecule has 1 aromatic rings. The van der Waals surface area contributed by atoms with Crippen molar-refractivity contribution < 1.29 is 12.8 Å². The van der Waals surface area contributed by atoms with Crippen molar-refractivity contribution >= 4 is 26.0 Å². The van der Waals surface area contributed by atoms with Gasteiger partial charge in [-0.3, -0.25) is 0 Å². The van der Waals surface area contributed by atoms with E-state index in [-0.39, 0.29) is 9.37 Å². The molecule has 2 N–H and O–H groups in total. The molecule has 0 amide bonds. The van der Waals surface area contributed by atoms with Crippen molar-refractivity contribution in [3.63, 3.8) is 0 Å². The molecule has 1 aliphatic heterocycles. The van der Waals surface area contributed by atoms with Gasteiger partial charge in [-0.25, -0.2) is 17.5 Å². The van der Waals surface area contributed by atoms with E-state index < -0.39 is 21.4 Å². The van der Waals surface area contributed by atoms with Gasteiger partial charge in [-0.2, -0.15) is 0 Å². The quantitative estimate of drug-likeness (QED) is 0.881. The summed E-state index contributed by atoms with van der Waals surface area (Å²) < 4.78 is 40.5. The van der Waals surface area contributed by atoms with E-state index in [2.05, 4.69) is 26.0 Å². The van der Waals surface area contributed by atoms with Gasteiger partial charge in [-0.15, -0.1) is 0 Å². The van der Waals surface area contributed by atoms with Crippen LogP contribution in [0.3, 0.4) is 0 Å². The molecule has 0 spiro atoms. The summed E-state index contributed by atoms with van der Waals surface area (Å²) in [4.78, 5) is -0.0590. The third-order valence-electron chi connectivity index (χ3n) is 2.95. The Balaban J connectivity index is 2.27. The summed E-state index contributed by atoms with van der Waals surface area (Å²) in [5, 5.41) is 3.10. The van der Waals surface area contributed by atoms with Crippen LogP contribution in [0.4, 0.5) is 4.39 Å². The van der Waals surface area contributed by atoms with Crippen LogP contribution in [0.1, 0.15) is 13.3 Å². The third kappa shape index (κ3) is 2.90. The average Bonchev–Trinajstić information content (AvgIpc) is 2.67. The molecule has 0 radical (unpaired) electrons. The van der Waals surface area contributed by atoms with Crippen LogP contribution < -0.4 is 10.0 Å². The summed E-state index contributed by atoms with van der Waals surface area (Å²) in [7, 11) is -3.69. The highest BCUT2D eigenvalue weighted by atomic mass is 79.9. The lowest BCUT2D eigenvalue weighted by atomic mass is 10.0. The zero-order valence-corrected chi connectivity index (χ0v) is 12.2. The Morgan fingerprint density at radius 2 is 2.22 bits per heavy atom. The minimum atomic E-state index is -3.69. The molecule has 0 bridgehead atoms. The predicted molar refractivity (Wildman–Crippen MR) is 70.3 cm³/mol. The van der Waals surface area contributed by atoms with Crippen LogP contribution in [0.5, 0.6) is 0 Å². The van der Waals surface area contributed by atoms with Gasteiger partial charge in [0.05, 0.1) is 9.37 Å². The number of rotatable bonds is 3. The fourth-order valence-corrected chi connectivity index (χ4v) is 3.62. The predicted octanol–water partition coefficient (Wildman–Crippen LogP) is 1.62. The molecule has 0 saturated carbocycles. The molecule has 1 unspecified atom stereocenters. The molecule has 1 aliphatic rings. The monoisotopic (exact) mass is 336 g/mol. The van der Waals surface area contributed by atoms with Crippen LogP contribution >= 0.6 is 15.9 Å². The minimum Gasteiger partial charge on any atom is -0.315 e. The Morgan fingerprint density at radius 3 is 2.78 bits per heavy atom. The molecule has 100 valence electrons. The molecule has 1 aromatic carbocycles. The Kier molecular flexibility index (Phi) is 3.77. The summed E-state index contributed by atoms with van der Waals surface area (Å²) >= 11 is 2.99. The minimum absolute atomic E-state index is 0.0590. The fourth-order valence-electron chi connectivity index (χ4n) is 1.93. The molecule has 1 atom stereocenters. The van der Waals surface area contributed by atoms with Gasteiger partial charge in [-0.05, 0) is 54.0 Å². The molecular weight excluding hydrogens is 323 g/mol. The molecule has 1 heterocycles. The maximum absolute atomic E-state index is 13.4. The van der Waals surface area contributed by atoms with Gasteiger partial charge in [-0.1, -0.05) is 0 Å². The summed E-state index contributed by atoms with van der Waals surface area (Å²) in [6.45, 7) is 3.18.